The molecule has 0 radical (unpaired) electrons. The smallest absolute Gasteiger partial charge is 0.342 e. The van der Waals surface area contributed by atoms with Crippen LogP contribution in [0.3, 0.4) is 0 Å². The maximum Gasteiger partial charge on any atom is 0.342 e. The van der Waals surface area contributed by atoms with Gasteiger partial charge in [0.15, 0.2) is 0 Å². The summed E-state index contributed by atoms with van der Waals surface area (Å²) in [7, 11) is 1.80. The van der Waals surface area contributed by atoms with Gasteiger partial charge in [0.05, 0.1) is 11.0 Å². The number of benzene rings is 1. The summed E-state index contributed by atoms with van der Waals surface area (Å²) in [5.41, 5.74) is -0.121. The number of anilines is 1. The lowest BCUT2D eigenvalue weighted by Crippen LogP contribution is -2.37. The van der Waals surface area contributed by atoms with Gasteiger partial charge in [0.1, 0.15) is 5.56 Å². The van der Waals surface area contributed by atoms with Gasteiger partial charge in [0, 0.05) is 25.3 Å². The molecule has 0 aliphatic heterocycles. The van der Waals surface area contributed by atoms with Crippen molar-refractivity contribution in [3.05, 3.63) is 33.9 Å². The van der Waals surface area contributed by atoms with Gasteiger partial charge in [-0.05, 0) is 30.9 Å². The van der Waals surface area contributed by atoms with Crippen molar-refractivity contribution in [1.82, 2.24) is 0 Å². The molecule has 1 aliphatic carbocycles. The van der Waals surface area contributed by atoms with Crippen molar-refractivity contribution in [1.29, 1.82) is 0 Å². The van der Waals surface area contributed by atoms with Crippen LogP contribution in [0.15, 0.2) is 18.2 Å². The monoisotopic (exact) mass is 280 g/mol. The van der Waals surface area contributed by atoms with E-state index in [2.05, 4.69) is 0 Å². The first kappa shape index (κ1) is 14.3. The Balaban J connectivity index is 2.17. The van der Waals surface area contributed by atoms with Crippen LogP contribution in [0.5, 0.6) is 0 Å². The van der Waals surface area contributed by atoms with E-state index >= 15 is 0 Å². The summed E-state index contributed by atoms with van der Waals surface area (Å²) in [6.45, 7) is 0.681. The topological polar surface area (TPSA) is 104 Å². The third kappa shape index (κ3) is 2.88. The van der Waals surface area contributed by atoms with E-state index in [1.165, 1.54) is 12.1 Å². The Morgan fingerprint density at radius 3 is 2.65 bits per heavy atom. The molecule has 1 fully saturated rings. The highest BCUT2D eigenvalue weighted by atomic mass is 16.6. The lowest BCUT2D eigenvalue weighted by atomic mass is 9.82. The molecule has 0 heterocycles. The molecule has 0 bridgehead atoms. The third-order valence-electron chi connectivity index (χ3n) is 3.59. The largest absolute Gasteiger partial charge is 0.477 e. The number of nitrogens with zero attached hydrogens (tertiary/aromatic N) is 2. The van der Waals surface area contributed by atoms with Gasteiger partial charge in [-0.3, -0.25) is 10.1 Å². The molecule has 1 aromatic rings. The van der Waals surface area contributed by atoms with Crippen LogP contribution in [-0.4, -0.2) is 40.8 Å². The number of rotatable bonds is 5. The quantitative estimate of drug-likeness (QED) is 0.625. The first-order chi connectivity index (χ1) is 9.38. The van der Waals surface area contributed by atoms with Crippen molar-refractivity contribution < 1.29 is 19.9 Å². The normalized spacial score (nSPS) is 21.1. The van der Waals surface area contributed by atoms with E-state index in [-0.39, 0.29) is 11.7 Å². The molecule has 20 heavy (non-hydrogen) atoms. The number of nitro benzene ring substituents is 1. The summed E-state index contributed by atoms with van der Waals surface area (Å²) in [6.07, 6.45) is 1.23. The first-order valence-corrected chi connectivity index (χ1v) is 6.29. The van der Waals surface area contributed by atoms with Crippen molar-refractivity contribution >= 4 is 17.3 Å². The Kier molecular flexibility index (Phi) is 3.89. The first-order valence-electron chi connectivity index (χ1n) is 6.29. The van der Waals surface area contributed by atoms with Gasteiger partial charge in [-0.2, -0.15) is 0 Å². The molecule has 7 nitrogen and oxygen atoms in total. The van der Waals surface area contributed by atoms with Gasteiger partial charge < -0.3 is 15.1 Å². The average molecular weight is 280 g/mol. The van der Waals surface area contributed by atoms with Gasteiger partial charge in [0.25, 0.3) is 5.69 Å². The molecule has 1 aliphatic rings. The molecular weight excluding hydrogens is 264 g/mol. The van der Waals surface area contributed by atoms with Crippen LogP contribution in [0.2, 0.25) is 0 Å². The minimum atomic E-state index is -1.31. The summed E-state index contributed by atoms with van der Waals surface area (Å²) in [4.78, 5) is 23.0. The second-order valence-electron chi connectivity index (χ2n) is 5.14. The molecule has 7 heteroatoms. The number of aliphatic hydroxyl groups is 1. The predicted octanol–water partition coefficient (Wildman–Crippen LogP) is 1.50. The van der Waals surface area contributed by atoms with Crippen molar-refractivity contribution in [3.63, 3.8) is 0 Å². The number of carbonyl (C=O) groups is 1. The van der Waals surface area contributed by atoms with Crippen LogP contribution >= 0.6 is 0 Å². The van der Waals surface area contributed by atoms with Crippen LogP contribution in [0.4, 0.5) is 11.4 Å². The molecule has 108 valence electrons. The molecule has 0 saturated heterocycles. The maximum absolute atomic E-state index is 10.9. The van der Waals surface area contributed by atoms with E-state index in [0.29, 0.717) is 18.2 Å². The Labute approximate surface area is 115 Å². The van der Waals surface area contributed by atoms with Gasteiger partial charge in [-0.1, -0.05) is 0 Å². The van der Waals surface area contributed by atoms with E-state index in [1.807, 2.05) is 4.90 Å². The lowest BCUT2D eigenvalue weighted by Gasteiger charge is -2.35. The van der Waals surface area contributed by atoms with E-state index in [9.17, 15) is 20.0 Å². The van der Waals surface area contributed by atoms with Crippen LogP contribution < -0.4 is 4.90 Å². The molecule has 2 rings (SSSR count). The number of aromatic carboxylic acids is 1. The fourth-order valence-electron chi connectivity index (χ4n) is 2.43. The van der Waals surface area contributed by atoms with E-state index in [1.54, 1.807) is 13.1 Å². The summed E-state index contributed by atoms with van der Waals surface area (Å²) in [6, 6.07) is 4.09. The summed E-state index contributed by atoms with van der Waals surface area (Å²) < 4.78 is 0. The summed E-state index contributed by atoms with van der Waals surface area (Å²) in [5.74, 6) is -0.943. The molecular formula is C13H16N2O5. The zero-order valence-electron chi connectivity index (χ0n) is 11.0. The summed E-state index contributed by atoms with van der Waals surface area (Å²) in [5, 5.41) is 29.1. The summed E-state index contributed by atoms with van der Waals surface area (Å²) >= 11 is 0. The molecule has 0 spiro atoms. The van der Waals surface area contributed by atoms with Crippen LogP contribution in [0.1, 0.15) is 23.2 Å². The highest BCUT2D eigenvalue weighted by molar-refractivity contribution is 5.93. The molecule has 0 unspecified atom stereocenters. The zero-order valence-corrected chi connectivity index (χ0v) is 11.0. The number of hydrogen-bond acceptors (Lipinski definition) is 5. The predicted molar refractivity (Wildman–Crippen MR) is 72.1 cm³/mol. The molecule has 2 N–H and O–H groups in total. The second kappa shape index (κ2) is 5.46. The molecule has 0 atom stereocenters. The Hall–Kier alpha value is -2.15. The molecule has 0 aromatic heterocycles. The number of carboxylic acids is 1. The van der Waals surface area contributed by atoms with Crippen molar-refractivity contribution in [2.45, 2.75) is 18.9 Å². The van der Waals surface area contributed by atoms with Crippen LogP contribution in [0.25, 0.3) is 0 Å². The highest BCUT2D eigenvalue weighted by Crippen LogP contribution is 2.30. The Morgan fingerprint density at radius 2 is 2.15 bits per heavy atom. The van der Waals surface area contributed by atoms with E-state index in [0.717, 1.165) is 12.8 Å². The van der Waals surface area contributed by atoms with Crippen LogP contribution in [-0.2, 0) is 0 Å². The number of carboxylic acid groups (broad SMARTS) is 1. The van der Waals surface area contributed by atoms with Crippen LogP contribution in [0, 0.1) is 16.0 Å². The fourth-order valence-corrected chi connectivity index (χ4v) is 2.43. The van der Waals surface area contributed by atoms with Gasteiger partial charge in [-0.25, -0.2) is 4.79 Å². The van der Waals surface area contributed by atoms with E-state index in [4.69, 9.17) is 5.11 Å². The average Bonchev–Trinajstić information content (AvgIpc) is 2.35. The van der Waals surface area contributed by atoms with Crippen molar-refractivity contribution in [2.75, 3.05) is 18.5 Å². The minimum absolute atomic E-state index is 0.239. The Bertz CT molecular complexity index is 540. The number of nitro groups is 1. The fraction of sp³-hybridized carbons (Fsp3) is 0.462. The van der Waals surface area contributed by atoms with Gasteiger partial charge in [-0.15, -0.1) is 0 Å². The second-order valence-corrected chi connectivity index (χ2v) is 5.14. The van der Waals surface area contributed by atoms with E-state index < -0.39 is 16.6 Å². The molecule has 1 aromatic carbocycles. The number of hydrogen-bond donors (Lipinski definition) is 2. The SMILES string of the molecule is CN(CC1CC(O)C1)c1ccc(C(=O)O)c([N+](=O)[O-])c1. The lowest BCUT2D eigenvalue weighted by molar-refractivity contribution is -0.385. The highest BCUT2D eigenvalue weighted by Gasteiger charge is 2.28. The van der Waals surface area contributed by atoms with Gasteiger partial charge >= 0.3 is 5.97 Å². The van der Waals surface area contributed by atoms with Crippen molar-refractivity contribution in [3.8, 4) is 0 Å². The third-order valence-corrected chi connectivity index (χ3v) is 3.59. The Morgan fingerprint density at radius 1 is 1.50 bits per heavy atom. The van der Waals surface area contributed by atoms with Crippen molar-refractivity contribution in [2.24, 2.45) is 5.92 Å². The molecule has 0 amide bonds. The number of aliphatic hydroxyl groups excluding tert-OH is 1. The molecule has 1 saturated carbocycles. The minimum Gasteiger partial charge on any atom is -0.477 e. The van der Waals surface area contributed by atoms with Gasteiger partial charge in [0.2, 0.25) is 0 Å². The maximum atomic E-state index is 10.9. The zero-order chi connectivity index (χ0) is 14.9. The standard InChI is InChI=1S/C13H16N2O5/c1-14(7-8-4-10(16)5-8)9-2-3-11(13(17)18)12(6-9)15(19)20/h2-3,6,8,10,16H,4-5,7H2,1H3,(H,17,18).